The molecule has 4 nitrogen and oxygen atoms in total. The van der Waals surface area contributed by atoms with Gasteiger partial charge in [0.1, 0.15) is 0 Å². The Morgan fingerprint density at radius 3 is 2.82 bits per heavy atom. The lowest BCUT2D eigenvalue weighted by Gasteiger charge is -2.15. The van der Waals surface area contributed by atoms with Gasteiger partial charge in [-0.1, -0.05) is 44.0 Å². The van der Waals surface area contributed by atoms with Crippen molar-refractivity contribution in [1.29, 1.82) is 0 Å². The van der Waals surface area contributed by atoms with Crippen LogP contribution in [0.15, 0.2) is 24.4 Å². The number of methoxy groups -OCH3 is 1. The zero-order chi connectivity index (χ0) is 12.5. The van der Waals surface area contributed by atoms with Crippen molar-refractivity contribution in [2.45, 2.75) is 3.23 Å². The van der Waals surface area contributed by atoms with Crippen LogP contribution in [0.2, 0.25) is 0 Å². The van der Waals surface area contributed by atoms with Crippen molar-refractivity contribution < 1.29 is 9.53 Å². The average Bonchev–Trinajstić information content (AvgIpc) is 2.37. The second-order valence-corrected chi connectivity index (χ2v) is 6.89. The van der Waals surface area contributed by atoms with Crippen molar-refractivity contribution in [2.24, 2.45) is 0 Å². The summed E-state index contributed by atoms with van der Waals surface area (Å²) in [4.78, 5) is 19.6. The van der Waals surface area contributed by atoms with E-state index >= 15 is 0 Å². The molecule has 0 unspecified atom stereocenters. The van der Waals surface area contributed by atoms with E-state index in [9.17, 15) is 4.79 Å². The summed E-state index contributed by atoms with van der Waals surface area (Å²) in [6.45, 7) is 0. The van der Waals surface area contributed by atoms with Gasteiger partial charge in [-0.2, -0.15) is 0 Å². The number of aromatic nitrogens is 2. The largest absolute Gasteiger partial charge is 0.480 e. The maximum absolute atomic E-state index is 11.1. The fourth-order valence-corrected chi connectivity index (χ4v) is 2.09. The Balaban J connectivity index is 2.75. The Kier molecular flexibility index (Phi) is 3.44. The molecular formula is C11H8Br2N2O2. The van der Waals surface area contributed by atoms with Crippen molar-refractivity contribution in [3.05, 3.63) is 30.0 Å². The zero-order valence-electron chi connectivity index (χ0n) is 8.85. The number of carbonyl (C=O) groups excluding carboxylic acids is 1. The monoisotopic (exact) mass is 358 g/mol. The molecule has 0 spiro atoms. The normalized spacial score (nSPS) is 11.5. The third-order valence-corrected chi connectivity index (χ3v) is 3.50. The average molecular weight is 360 g/mol. The molecule has 2 aromatic rings. The van der Waals surface area contributed by atoms with Crippen LogP contribution in [-0.4, -0.2) is 23.4 Å². The number of carbonyl (C=O) groups is 1. The molecule has 1 aromatic heterocycles. The van der Waals surface area contributed by atoms with E-state index in [1.807, 2.05) is 12.1 Å². The number of halogens is 2. The first-order valence-corrected chi connectivity index (χ1v) is 6.31. The number of hydrogen-bond donors (Lipinski definition) is 0. The van der Waals surface area contributed by atoms with Gasteiger partial charge in [-0.15, -0.1) is 0 Å². The first-order valence-electron chi connectivity index (χ1n) is 4.73. The molecule has 1 aromatic carbocycles. The molecule has 0 radical (unpaired) electrons. The molecule has 88 valence electrons. The molecule has 17 heavy (non-hydrogen) atoms. The lowest BCUT2D eigenvalue weighted by atomic mass is 10.1. The van der Waals surface area contributed by atoms with Gasteiger partial charge in [0, 0.05) is 5.56 Å². The van der Waals surface area contributed by atoms with E-state index in [1.165, 1.54) is 13.3 Å². The molecule has 2 rings (SSSR count). The predicted octanol–water partition coefficient (Wildman–Crippen LogP) is 2.78. The Morgan fingerprint density at radius 2 is 2.18 bits per heavy atom. The van der Waals surface area contributed by atoms with Crippen LogP contribution >= 0.6 is 31.9 Å². The second kappa shape index (κ2) is 4.70. The summed E-state index contributed by atoms with van der Waals surface area (Å²) in [5.74, 6) is 0.409. The highest BCUT2D eigenvalue weighted by molar-refractivity contribution is 9.25. The van der Waals surface area contributed by atoms with Crippen molar-refractivity contribution in [1.82, 2.24) is 9.97 Å². The summed E-state index contributed by atoms with van der Waals surface area (Å²) in [5, 5.41) is 0. The van der Waals surface area contributed by atoms with Gasteiger partial charge < -0.3 is 9.53 Å². The van der Waals surface area contributed by atoms with Crippen LogP contribution < -0.4 is 4.74 Å². The fourth-order valence-electron chi connectivity index (χ4n) is 1.45. The number of rotatable bonds is 3. The van der Waals surface area contributed by atoms with Crippen molar-refractivity contribution in [3.8, 4) is 5.88 Å². The van der Waals surface area contributed by atoms with Gasteiger partial charge >= 0.3 is 0 Å². The van der Waals surface area contributed by atoms with Crippen molar-refractivity contribution in [3.63, 3.8) is 0 Å². The first-order chi connectivity index (χ1) is 8.08. The lowest BCUT2D eigenvalue weighted by molar-refractivity contribution is -0.107. The number of para-hydroxylation sites is 1. The van der Waals surface area contributed by atoms with E-state index in [1.54, 1.807) is 6.07 Å². The summed E-state index contributed by atoms with van der Waals surface area (Å²) < 4.78 is 4.07. The molecule has 0 bridgehead atoms. The summed E-state index contributed by atoms with van der Waals surface area (Å²) in [6.07, 6.45) is 2.29. The Hall–Kier alpha value is -1.01. The number of nitrogens with zero attached hydrogens (tertiary/aromatic N) is 2. The minimum absolute atomic E-state index is 0.409. The molecule has 1 heterocycles. The van der Waals surface area contributed by atoms with Crippen LogP contribution in [0, 0.1) is 0 Å². The van der Waals surface area contributed by atoms with E-state index in [2.05, 4.69) is 41.8 Å². The highest BCUT2D eigenvalue weighted by atomic mass is 79.9. The van der Waals surface area contributed by atoms with Crippen molar-refractivity contribution in [2.75, 3.05) is 7.11 Å². The summed E-state index contributed by atoms with van der Waals surface area (Å²) in [5.41, 5.74) is 2.01. The SMILES string of the molecule is COc1cnc2cccc(C(Br)(Br)C=O)c2n1. The van der Waals surface area contributed by atoms with Crippen LogP contribution in [0.1, 0.15) is 5.56 Å². The number of fused-ring (bicyclic) bond motifs is 1. The Labute approximate surface area is 115 Å². The molecule has 0 saturated carbocycles. The Bertz CT molecular complexity index is 572. The number of hydrogen-bond acceptors (Lipinski definition) is 4. The van der Waals surface area contributed by atoms with E-state index in [0.717, 1.165) is 6.29 Å². The lowest BCUT2D eigenvalue weighted by Crippen LogP contribution is -2.11. The van der Waals surface area contributed by atoms with Gasteiger partial charge in [0.05, 0.1) is 24.3 Å². The molecule has 0 atom stereocenters. The minimum atomic E-state index is -0.958. The second-order valence-electron chi connectivity index (χ2n) is 3.33. The van der Waals surface area contributed by atoms with Gasteiger partial charge in [0.15, 0.2) is 9.52 Å². The van der Waals surface area contributed by atoms with E-state index in [4.69, 9.17) is 4.74 Å². The van der Waals surface area contributed by atoms with Crippen LogP contribution in [-0.2, 0) is 8.03 Å². The topological polar surface area (TPSA) is 52.1 Å². The summed E-state index contributed by atoms with van der Waals surface area (Å²) in [6, 6.07) is 5.44. The molecule has 0 fully saturated rings. The van der Waals surface area contributed by atoms with Crippen LogP contribution in [0.5, 0.6) is 5.88 Å². The number of ether oxygens (including phenoxy) is 1. The van der Waals surface area contributed by atoms with Gasteiger partial charge in [-0.3, -0.25) is 0 Å². The molecule has 0 aliphatic rings. The van der Waals surface area contributed by atoms with Crippen LogP contribution in [0.25, 0.3) is 11.0 Å². The maximum Gasteiger partial charge on any atom is 0.232 e. The van der Waals surface area contributed by atoms with Gasteiger partial charge in [0.2, 0.25) is 5.88 Å². The number of alkyl halides is 2. The van der Waals surface area contributed by atoms with Crippen LogP contribution in [0.3, 0.4) is 0 Å². The number of aldehydes is 1. The van der Waals surface area contributed by atoms with E-state index < -0.39 is 3.23 Å². The summed E-state index contributed by atoms with van der Waals surface area (Å²) >= 11 is 6.59. The molecule has 0 amide bonds. The third-order valence-electron chi connectivity index (χ3n) is 2.27. The maximum atomic E-state index is 11.1. The fraction of sp³-hybridized carbons (Fsp3) is 0.182. The molecule has 0 saturated heterocycles. The molecule has 0 aliphatic carbocycles. The van der Waals surface area contributed by atoms with E-state index in [0.29, 0.717) is 22.5 Å². The molecule has 0 N–H and O–H groups in total. The van der Waals surface area contributed by atoms with Gasteiger partial charge in [-0.05, 0) is 6.07 Å². The standard InChI is InChI=1S/C11H8Br2N2O2/c1-17-9-5-14-8-4-2-3-7(10(8)15-9)11(12,13)6-16/h2-6H,1H3. The smallest absolute Gasteiger partial charge is 0.232 e. The van der Waals surface area contributed by atoms with Gasteiger partial charge in [0.25, 0.3) is 0 Å². The number of benzene rings is 1. The molecule has 6 heteroatoms. The highest BCUT2D eigenvalue weighted by Gasteiger charge is 2.27. The first kappa shape index (κ1) is 12.4. The molecular weight excluding hydrogens is 352 g/mol. The third kappa shape index (κ3) is 2.32. The quantitative estimate of drug-likeness (QED) is 0.624. The zero-order valence-corrected chi connectivity index (χ0v) is 12.0. The highest BCUT2D eigenvalue weighted by Crippen LogP contribution is 2.39. The van der Waals surface area contributed by atoms with Crippen LogP contribution in [0.4, 0.5) is 0 Å². The predicted molar refractivity (Wildman–Crippen MR) is 71.7 cm³/mol. The summed E-state index contributed by atoms with van der Waals surface area (Å²) in [7, 11) is 1.52. The van der Waals surface area contributed by atoms with Gasteiger partial charge in [-0.25, -0.2) is 9.97 Å². The molecule has 0 aliphatic heterocycles. The Morgan fingerprint density at radius 1 is 1.41 bits per heavy atom. The minimum Gasteiger partial charge on any atom is -0.480 e. The van der Waals surface area contributed by atoms with E-state index in [-0.39, 0.29) is 0 Å². The van der Waals surface area contributed by atoms with Crippen molar-refractivity contribution >= 4 is 49.2 Å².